The predicted molar refractivity (Wildman–Crippen MR) is 89.6 cm³/mol. The van der Waals surface area contributed by atoms with Crippen molar-refractivity contribution in [2.45, 2.75) is 6.42 Å². The van der Waals surface area contributed by atoms with Crippen LogP contribution in [0.15, 0.2) is 53.0 Å². The highest BCUT2D eigenvalue weighted by atomic mass is 79.9. The average Bonchev–Trinajstić information content (AvgIpc) is 2.77. The van der Waals surface area contributed by atoms with Crippen LogP contribution in [0.1, 0.15) is 22.3 Å². The van der Waals surface area contributed by atoms with Crippen molar-refractivity contribution in [3.63, 3.8) is 0 Å². The number of carbonyl (C=O) groups excluding carboxylic acids is 1. The van der Waals surface area contributed by atoms with E-state index >= 15 is 0 Å². The lowest BCUT2D eigenvalue weighted by Crippen LogP contribution is -1.99. The van der Waals surface area contributed by atoms with Crippen molar-refractivity contribution < 1.29 is 14.3 Å². The molecule has 1 heterocycles. The lowest BCUT2D eigenvalue weighted by Gasteiger charge is -2.10. The minimum Gasteiger partial charge on any atom is -0.490 e. The van der Waals surface area contributed by atoms with Gasteiger partial charge < -0.3 is 9.47 Å². The van der Waals surface area contributed by atoms with E-state index in [0.717, 1.165) is 12.0 Å². The van der Waals surface area contributed by atoms with Crippen molar-refractivity contribution in [1.82, 2.24) is 0 Å². The monoisotopic (exact) mass is 358 g/mol. The molecule has 3 rings (SSSR count). The molecule has 22 heavy (non-hydrogen) atoms. The van der Waals surface area contributed by atoms with E-state index in [2.05, 4.69) is 15.9 Å². The standard InChI is InChI=1S/C18H15BrO3/c19-15-12-18-17(21-9-4-10-22-18)11-14(15)16(20)8-7-13-5-2-1-3-6-13/h1-3,5-8,11-12H,4,9-10H2. The van der Waals surface area contributed by atoms with Crippen molar-refractivity contribution in [1.29, 1.82) is 0 Å². The van der Waals surface area contributed by atoms with Crippen LogP contribution >= 0.6 is 15.9 Å². The number of carbonyl (C=O) groups is 1. The average molecular weight is 359 g/mol. The molecule has 2 aromatic carbocycles. The molecule has 112 valence electrons. The lowest BCUT2D eigenvalue weighted by atomic mass is 10.1. The van der Waals surface area contributed by atoms with Crippen LogP contribution in [0.5, 0.6) is 11.5 Å². The second kappa shape index (κ2) is 6.79. The Bertz CT molecular complexity index is 708. The summed E-state index contributed by atoms with van der Waals surface area (Å²) in [5, 5.41) is 0. The number of rotatable bonds is 3. The van der Waals surface area contributed by atoms with Gasteiger partial charge in [0.1, 0.15) is 0 Å². The Kier molecular flexibility index (Phi) is 4.59. The largest absolute Gasteiger partial charge is 0.490 e. The second-order valence-corrected chi connectivity index (χ2v) is 5.79. The van der Waals surface area contributed by atoms with E-state index in [4.69, 9.17) is 9.47 Å². The molecule has 1 aliphatic rings. The third-order valence-electron chi connectivity index (χ3n) is 3.33. The summed E-state index contributed by atoms with van der Waals surface area (Å²) in [4.78, 5) is 12.4. The summed E-state index contributed by atoms with van der Waals surface area (Å²) in [6, 6.07) is 13.3. The Morgan fingerprint density at radius 2 is 1.73 bits per heavy atom. The summed E-state index contributed by atoms with van der Waals surface area (Å²) < 4.78 is 12.0. The van der Waals surface area contributed by atoms with Gasteiger partial charge in [0.2, 0.25) is 0 Å². The minimum atomic E-state index is -0.0774. The van der Waals surface area contributed by atoms with Gasteiger partial charge in [-0.3, -0.25) is 4.79 Å². The predicted octanol–water partition coefficient (Wildman–Crippen LogP) is 4.51. The lowest BCUT2D eigenvalue weighted by molar-refractivity contribution is 0.104. The number of allylic oxidation sites excluding steroid dienone is 1. The third-order valence-corrected chi connectivity index (χ3v) is 3.99. The van der Waals surface area contributed by atoms with E-state index in [9.17, 15) is 4.79 Å². The molecular formula is C18H15BrO3. The van der Waals surface area contributed by atoms with Crippen LogP contribution in [0.25, 0.3) is 6.08 Å². The smallest absolute Gasteiger partial charge is 0.187 e. The Morgan fingerprint density at radius 3 is 2.45 bits per heavy atom. The van der Waals surface area contributed by atoms with E-state index in [1.54, 1.807) is 24.3 Å². The van der Waals surface area contributed by atoms with Crippen LogP contribution in [0, 0.1) is 0 Å². The molecule has 0 saturated heterocycles. The molecule has 0 atom stereocenters. The van der Waals surface area contributed by atoms with E-state index in [0.29, 0.717) is 34.7 Å². The van der Waals surface area contributed by atoms with Crippen LogP contribution in [0.4, 0.5) is 0 Å². The molecule has 1 aliphatic heterocycles. The maximum absolute atomic E-state index is 12.4. The van der Waals surface area contributed by atoms with Gasteiger partial charge in [-0.15, -0.1) is 0 Å². The van der Waals surface area contributed by atoms with E-state index in [1.165, 1.54) is 0 Å². The molecule has 0 aromatic heterocycles. The van der Waals surface area contributed by atoms with Crippen molar-refractivity contribution in [3.05, 3.63) is 64.1 Å². The summed E-state index contributed by atoms with van der Waals surface area (Å²) in [7, 11) is 0. The SMILES string of the molecule is O=C(C=Cc1ccccc1)c1cc2c(cc1Br)OCCCO2. The molecule has 0 amide bonds. The van der Waals surface area contributed by atoms with Gasteiger partial charge >= 0.3 is 0 Å². The number of hydrogen-bond acceptors (Lipinski definition) is 3. The Morgan fingerprint density at radius 1 is 1.05 bits per heavy atom. The van der Waals surface area contributed by atoms with Crippen molar-refractivity contribution in [3.8, 4) is 11.5 Å². The number of ketones is 1. The molecule has 3 nitrogen and oxygen atoms in total. The van der Waals surface area contributed by atoms with Gasteiger partial charge in [-0.1, -0.05) is 36.4 Å². The van der Waals surface area contributed by atoms with Crippen LogP contribution < -0.4 is 9.47 Å². The second-order valence-electron chi connectivity index (χ2n) is 4.94. The molecule has 0 bridgehead atoms. The van der Waals surface area contributed by atoms with E-state index in [-0.39, 0.29) is 5.78 Å². The van der Waals surface area contributed by atoms with Crippen molar-refractivity contribution >= 4 is 27.8 Å². The molecule has 0 radical (unpaired) electrons. The summed E-state index contributed by atoms with van der Waals surface area (Å²) in [6.07, 6.45) is 4.21. The van der Waals surface area contributed by atoms with Gasteiger partial charge in [0.15, 0.2) is 17.3 Å². The first-order valence-corrected chi connectivity index (χ1v) is 7.90. The Labute approximate surface area is 137 Å². The maximum Gasteiger partial charge on any atom is 0.187 e. The van der Waals surface area contributed by atoms with Gasteiger partial charge in [0, 0.05) is 16.5 Å². The van der Waals surface area contributed by atoms with Gasteiger partial charge in [-0.25, -0.2) is 0 Å². The van der Waals surface area contributed by atoms with Crippen molar-refractivity contribution in [2.24, 2.45) is 0 Å². The highest BCUT2D eigenvalue weighted by Gasteiger charge is 2.16. The molecular weight excluding hydrogens is 344 g/mol. The summed E-state index contributed by atoms with van der Waals surface area (Å²) in [5.41, 5.74) is 1.55. The quantitative estimate of drug-likeness (QED) is 0.598. The summed E-state index contributed by atoms with van der Waals surface area (Å²) >= 11 is 3.44. The minimum absolute atomic E-state index is 0.0774. The fourth-order valence-electron chi connectivity index (χ4n) is 2.20. The Balaban J connectivity index is 1.86. The first-order valence-electron chi connectivity index (χ1n) is 7.10. The number of fused-ring (bicyclic) bond motifs is 1. The fraction of sp³-hybridized carbons (Fsp3) is 0.167. The zero-order valence-electron chi connectivity index (χ0n) is 11.9. The molecule has 0 N–H and O–H groups in total. The summed E-state index contributed by atoms with van der Waals surface area (Å²) in [5.74, 6) is 1.22. The van der Waals surface area contributed by atoms with E-state index in [1.807, 2.05) is 30.3 Å². The molecule has 0 aliphatic carbocycles. The molecule has 0 unspecified atom stereocenters. The molecule has 0 spiro atoms. The first-order chi connectivity index (χ1) is 10.7. The number of hydrogen-bond donors (Lipinski definition) is 0. The van der Waals surface area contributed by atoms with Crippen molar-refractivity contribution in [2.75, 3.05) is 13.2 Å². The topological polar surface area (TPSA) is 35.5 Å². The van der Waals surface area contributed by atoms with Gasteiger partial charge in [-0.05, 0) is 39.7 Å². The zero-order valence-corrected chi connectivity index (χ0v) is 13.5. The van der Waals surface area contributed by atoms with Crippen LogP contribution in [0.2, 0.25) is 0 Å². The molecule has 0 saturated carbocycles. The van der Waals surface area contributed by atoms with Crippen LogP contribution in [-0.4, -0.2) is 19.0 Å². The van der Waals surface area contributed by atoms with Gasteiger partial charge in [0.25, 0.3) is 0 Å². The maximum atomic E-state index is 12.4. The fourth-order valence-corrected chi connectivity index (χ4v) is 2.72. The molecule has 4 heteroatoms. The van der Waals surface area contributed by atoms with Crippen LogP contribution in [0.3, 0.4) is 0 Å². The molecule has 0 fully saturated rings. The van der Waals surface area contributed by atoms with E-state index < -0.39 is 0 Å². The number of halogens is 1. The zero-order chi connectivity index (χ0) is 15.4. The highest BCUT2D eigenvalue weighted by molar-refractivity contribution is 9.10. The number of benzene rings is 2. The normalized spacial score (nSPS) is 13.9. The Hall–Kier alpha value is -2.07. The number of ether oxygens (including phenoxy) is 2. The highest BCUT2D eigenvalue weighted by Crippen LogP contribution is 2.35. The van der Waals surface area contributed by atoms with Crippen LogP contribution in [-0.2, 0) is 0 Å². The first kappa shape index (κ1) is 14.9. The third kappa shape index (κ3) is 3.39. The molecule has 2 aromatic rings. The van der Waals surface area contributed by atoms with Gasteiger partial charge in [0.05, 0.1) is 13.2 Å². The summed E-state index contributed by atoms with van der Waals surface area (Å²) in [6.45, 7) is 1.22. The van der Waals surface area contributed by atoms with Gasteiger partial charge in [-0.2, -0.15) is 0 Å².